The number of aromatic nitrogens is 3. The second-order valence-corrected chi connectivity index (χ2v) is 7.36. The number of nitrogens with zero attached hydrogens (tertiary/aromatic N) is 2. The predicted octanol–water partition coefficient (Wildman–Crippen LogP) is 5.99. The number of hydrogen-bond acceptors (Lipinski definition) is 2. The molecule has 0 saturated carbocycles. The molecule has 140 valence electrons. The summed E-state index contributed by atoms with van der Waals surface area (Å²) in [7, 11) is 0. The van der Waals surface area contributed by atoms with Crippen molar-refractivity contribution in [1.82, 2.24) is 15.2 Å². The van der Waals surface area contributed by atoms with Gasteiger partial charge in [0, 0.05) is 11.5 Å². The van der Waals surface area contributed by atoms with Crippen LogP contribution in [0.1, 0.15) is 22.4 Å². The van der Waals surface area contributed by atoms with Gasteiger partial charge in [-0.1, -0.05) is 103 Å². The minimum absolute atomic E-state index is 0.434. The van der Waals surface area contributed by atoms with Crippen molar-refractivity contribution in [2.45, 2.75) is 5.41 Å². The molecule has 5 rings (SSSR count). The summed E-state index contributed by atoms with van der Waals surface area (Å²) >= 11 is 6.49. The lowest BCUT2D eigenvalue weighted by molar-refractivity contribution is 0.723. The molecule has 2 aromatic heterocycles. The Bertz CT molecular complexity index is 1150. The van der Waals surface area contributed by atoms with Gasteiger partial charge in [-0.25, -0.2) is 4.98 Å². The van der Waals surface area contributed by atoms with E-state index in [2.05, 4.69) is 83.0 Å². The van der Waals surface area contributed by atoms with Gasteiger partial charge < -0.3 is 0 Å². The van der Waals surface area contributed by atoms with Crippen molar-refractivity contribution in [3.8, 4) is 0 Å². The number of H-pyrrole nitrogens is 1. The molecule has 3 nitrogen and oxygen atoms in total. The van der Waals surface area contributed by atoms with E-state index in [0.29, 0.717) is 5.15 Å². The van der Waals surface area contributed by atoms with Crippen LogP contribution in [0.5, 0.6) is 0 Å². The van der Waals surface area contributed by atoms with Crippen LogP contribution < -0.4 is 0 Å². The summed E-state index contributed by atoms with van der Waals surface area (Å²) in [6.45, 7) is 0. The smallest absolute Gasteiger partial charge is 0.131 e. The predicted molar refractivity (Wildman–Crippen MR) is 117 cm³/mol. The van der Waals surface area contributed by atoms with Gasteiger partial charge in [0.1, 0.15) is 5.15 Å². The van der Waals surface area contributed by atoms with E-state index < -0.39 is 5.41 Å². The van der Waals surface area contributed by atoms with E-state index in [-0.39, 0.29) is 0 Å². The second kappa shape index (κ2) is 7.19. The van der Waals surface area contributed by atoms with Crippen LogP contribution in [0.2, 0.25) is 5.15 Å². The molecule has 0 aliphatic rings. The summed E-state index contributed by atoms with van der Waals surface area (Å²) in [5, 5.41) is 8.71. The Labute approximate surface area is 174 Å². The first-order chi connectivity index (χ1) is 14.3. The molecule has 0 saturated heterocycles. The first-order valence-corrected chi connectivity index (χ1v) is 9.84. The highest BCUT2D eigenvalue weighted by Gasteiger charge is 2.41. The summed E-state index contributed by atoms with van der Waals surface area (Å²) in [6.07, 6.45) is 1.83. The highest BCUT2D eigenvalue weighted by molar-refractivity contribution is 6.30. The summed E-state index contributed by atoms with van der Waals surface area (Å²) in [5.74, 6) is 0. The SMILES string of the molecule is Clc1cc2[nH]ncc2c(C(c2ccccc2)(c2ccccc2)c2ccccc2)n1. The zero-order valence-electron chi connectivity index (χ0n) is 15.6. The molecule has 3 aromatic carbocycles. The molecule has 0 unspecified atom stereocenters. The minimum Gasteiger partial charge on any atom is -0.278 e. The molecule has 5 aromatic rings. The number of hydrogen-bond donors (Lipinski definition) is 1. The van der Waals surface area contributed by atoms with Crippen molar-refractivity contribution in [1.29, 1.82) is 0 Å². The van der Waals surface area contributed by atoms with Crippen molar-refractivity contribution >= 4 is 22.5 Å². The molecular formula is C25H18ClN3. The third kappa shape index (κ3) is 2.82. The Kier molecular flexibility index (Phi) is 4.38. The number of aromatic amines is 1. The molecule has 0 amide bonds. The van der Waals surface area contributed by atoms with Crippen molar-refractivity contribution < 1.29 is 0 Å². The number of fused-ring (bicyclic) bond motifs is 1. The summed E-state index contributed by atoms with van der Waals surface area (Å²) in [4.78, 5) is 4.88. The van der Waals surface area contributed by atoms with Crippen LogP contribution in [0.3, 0.4) is 0 Å². The largest absolute Gasteiger partial charge is 0.278 e. The van der Waals surface area contributed by atoms with Crippen LogP contribution in [0, 0.1) is 0 Å². The Morgan fingerprint density at radius 2 is 1.17 bits per heavy atom. The lowest BCUT2D eigenvalue weighted by Crippen LogP contribution is -2.32. The van der Waals surface area contributed by atoms with Crippen LogP contribution in [-0.2, 0) is 5.41 Å². The Morgan fingerprint density at radius 3 is 1.66 bits per heavy atom. The molecule has 0 aliphatic heterocycles. The molecule has 0 fully saturated rings. The van der Waals surface area contributed by atoms with E-state index in [9.17, 15) is 0 Å². The van der Waals surface area contributed by atoms with E-state index in [1.165, 1.54) is 0 Å². The normalized spacial score (nSPS) is 11.6. The highest BCUT2D eigenvalue weighted by Crippen LogP contribution is 2.46. The fourth-order valence-electron chi connectivity index (χ4n) is 4.17. The molecule has 0 aliphatic carbocycles. The van der Waals surface area contributed by atoms with Crippen molar-refractivity contribution in [2.24, 2.45) is 0 Å². The van der Waals surface area contributed by atoms with Gasteiger partial charge in [-0.3, -0.25) is 5.10 Å². The number of benzene rings is 3. The maximum Gasteiger partial charge on any atom is 0.131 e. The number of rotatable bonds is 4. The van der Waals surface area contributed by atoms with Crippen LogP contribution in [0.25, 0.3) is 10.9 Å². The minimum atomic E-state index is -0.642. The van der Waals surface area contributed by atoms with Gasteiger partial charge in [0.2, 0.25) is 0 Å². The Balaban J connectivity index is 2.00. The molecule has 0 radical (unpaired) electrons. The second-order valence-electron chi connectivity index (χ2n) is 6.97. The molecule has 0 bridgehead atoms. The van der Waals surface area contributed by atoms with Gasteiger partial charge >= 0.3 is 0 Å². The van der Waals surface area contributed by atoms with Gasteiger partial charge in [0.05, 0.1) is 22.8 Å². The third-order valence-electron chi connectivity index (χ3n) is 5.38. The van der Waals surface area contributed by atoms with Gasteiger partial charge in [-0.05, 0) is 16.7 Å². The highest BCUT2D eigenvalue weighted by atomic mass is 35.5. The maximum absolute atomic E-state index is 6.49. The number of halogens is 1. The Morgan fingerprint density at radius 1 is 0.690 bits per heavy atom. The van der Waals surface area contributed by atoms with Gasteiger partial charge in [0.15, 0.2) is 0 Å². The fourth-order valence-corrected chi connectivity index (χ4v) is 4.37. The zero-order valence-corrected chi connectivity index (χ0v) is 16.3. The molecule has 1 N–H and O–H groups in total. The molecular weight excluding hydrogens is 378 g/mol. The van der Waals surface area contributed by atoms with Gasteiger partial charge in [-0.2, -0.15) is 5.10 Å². The van der Waals surface area contributed by atoms with Crippen molar-refractivity contribution in [3.05, 3.63) is 131 Å². The molecule has 2 heterocycles. The first-order valence-electron chi connectivity index (χ1n) is 9.47. The van der Waals surface area contributed by atoms with E-state index in [1.807, 2.05) is 30.5 Å². The average molecular weight is 396 g/mol. The monoisotopic (exact) mass is 395 g/mol. The zero-order chi connectivity index (χ0) is 19.7. The molecule has 29 heavy (non-hydrogen) atoms. The number of pyridine rings is 1. The van der Waals surface area contributed by atoms with Crippen LogP contribution >= 0.6 is 11.6 Å². The average Bonchev–Trinajstić information content (AvgIpc) is 3.25. The van der Waals surface area contributed by atoms with Gasteiger partial charge in [0.25, 0.3) is 0 Å². The standard InChI is InChI=1S/C25H18ClN3/c26-23-16-22-21(17-27-29-22)24(28-23)25(18-10-4-1-5-11-18,19-12-6-2-7-13-19)20-14-8-3-9-15-20/h1-17H,(H,27,29). The van der Waals surface area contributed by atoms with Gasteiger partial charge in [-0.15, -0.1) is 0 Å². The van der Waals surface area contributed by atoms with Crippen LogP contribution in [-0.4, -0.2) is 15.2 Å². The van der Waals surface area contributed by atoms with E-state index in [0.717, 1.165) is 33.3 Å². The summed E-state index contributed by atoms with van der Waals surface area (Å²) < 4.78 is 0. The Hall–Kier alpha value is -3.43. The van der Waals surface area contributed by atoms with E-state index >= 15 is 0 Å². The lowest BCUT2D eigenvalue weighted by Gasteiger charge is -2.36. The number of nitrogens with one attached hydrogen (secondary N) is 1. The first kappa shape index (κ1) is 17.7. The third-order valence-corrected chi connectivity index (χ3v) is 5.58. The van der Waals surface area contributed by atoms with Crippen molar-refractivity contribution in [3.63, 3.8) is 0 Å². The summed E-state index contributed by atoms with van der Waals surface area (Å²) in [5.41, 5.74) is 4.44. The molecule has 0 spiro atoms. The molecule has 0 atom stereocenters. The van der Waals surface area contributed by atoms with Crippen molar-refractivity contribution in [2.75, 3.05) is 0 Å². The lowest BCUT2D eigenvalue weighted by atomic mass is 9.66. The van der Waals surface area contributed by atoms with Crippen LogP contribution in [0.15, 0.2) is 103 Å². The topological polar surface area (TPSA) is 41.6 Å². The maximum atomic E-state index is 6.49. The molecule has 4 heteroatoms. The van der Waals surface area contributed by atoms with Crippen LogP contribution in [0.4, 0.5) is 0 Å². The quantitative estimate of drug-likeness (QED) is 0.300. The van der Waals surface area contributed by atoms with E-state index in [4.69, 9.17) is 16.6 Å². The fraction of sp³-hybridized carbons (Fsp3) is 0.0400. The van der Waals surface area contributed by atoms with E-state index in [1.54, 1.807) is 0 Å². The summed E-state index contributed by atoms with van der Waals surface area (Å²) in [6, 6.07) is 33.2.